The number of hydrogen-bond donors (Lipinski definition) is 0. The lowest BCUT2D eigenvalue weighted by Crippen LogP contribution is -2.49. The van der Waals surface area contributed by atoms with E-state index in [1.165, 1.54) is 5.56 Å². The number of likely N-dealkylation sites (tertiary alicyclic amines) is 2. The molecule has 1 atom stereocenters. The zero-order chi connectivity index (χ0) is 20.5. The van der Waals surface area contributed by atoms with Gasteiger partial charge in [-0.3, -0.25) is 14.3 Å². The van der Waals surface area contributed by atoms with E-state index >= 15 is 0 Å². The molecule has 2 fully saturated rings. The first-order valence-electron chi connectivity index (χ1n) is 10.6. The summed E-state index contributed by atoms with van der Waals surface area (Å²) in [5, 5.41) is 4.47. The van der Waals surface area contributed by atoms with Gasteiger partial charge in [0.15, 0.2) is 5.69 Å². The number of aromatic nitrogens is 2. The van der Waals surface area contributed by atoms with E-state index in [9.17, 15) is 9.59 Å². The van der Waals surface area contributed by atoms with Crippen molar-refractivity contribution >= 4 is 11.8 Å². The van der Waals surface area contributed by atoms with Gasteiger partial charge in [-0.25, -0.2) is 0 Å². The largest absolute Gasteiger partial charge is 0.341 e. The van der Waals surface area contributed by atoms with Crippen molar-refractivity contribution in [2.45, 2.75) is 45.6 Å². The molecule has 2 aliphatic heterocycles. The highest BCUT2D eigenvalue weighted by Crippen LogP contribution is 2.26. The van der Waals surface area contributed by atoms with Gasteiger partial charge in [-0.1, -0.05) is 36.8 Å². The molecule has 1 aromatic carbocycles. The van der Waals surface area contributed by atoms with Crippen molar-refractivity contribution in [1.29, 1.82) is 0 Å². The molecule has 0 bridgehead atoms. The quantitative estimate of drug-likeness (QED) is 0.803. The molecule has 0 spiro atoms. The lowest BCUT2D eigenvalue weighted by atomic mass is 9.98. The van der Waals surface area contributed by atoms with Gasteiger partial charge in [-0.05, 0) is 50.2 Å². The monoisotopic (exact) mass is 394 g/mol. The number of aryl methyl sites for hydroxylation is 2. The van der Waals surface area contributed by atoms with E-state index in [-0.39, 0.29) is 17.9 Å². The van der Waals surface area contributed by atoms with Gasteiger partial charge in [-0.2, -0.15) is 5.10 Å². The van der Waals surface area contributed by atoms with Gasteiger partial charge in [0.25, 0.3) is 5.91 Å². The van der Waals surface area contributed by atoms with Crippen molar-refractivity contribution in [3.63, 3.8) is 0 Å². The number of benzene rings is 1. The minimum absolute atomic E-state index is 0.109. The molecular weight excluding hydrogens is 364 g/mol. The summed E-state index contributed by atoms with van der Waals surface area (Å²) in [5.74, 6) is 0.645. The van der Waals surface area contributed by atoms with Crippen molar-refractivity contribution in [2.24, 2.45) is 13.0 Å². The Morgan fingerprint density at radius 1 is 1.03 bits per heavy atom. The summed E-state index contributed by atoms with van der Waals surface area (Å²) in [6.07, 6.45) is 3.71. The van der Waals surface area contributed by atoms with E-state index < -0.39 is 0 Å². The maximum Gasteiger partial charge on any atom is 0.275 e. The summed E-state index contributed by atoms with van der Waals surface area (Å²) in [4.78, 5) is 30.0. The van der Waals surface area contributed by atoms with Crippen LogP contribution in [-0.2, 0) is 11.8 Å². The second-order valence-electron chi connectivity index (χ2n) is 8.57. The smallest absolute Gasteiger partial charge is 0.275 e. The highest BCUT2D eigenvalue weighted by atomic mass is 16.2. The van der Waals surface area contributed by atoms with Crippen LogP contribution in [0.1, 0.15) is 48.7 Å². The van der Waals surface area contributed by atoms with Gasteiger partial charge in [0.05, 0.1) is 5.69 Å². The van der Waals surface area contributed by atoms with Crippen LogP contribution in [0.5, 0.6) is 0 Å². The van der Waals surface area contributed by atoms with Gasteiger partial charge >= 0.3 is 0 Å². The Morgan fingerprint density at radius 3 is 2.41 bits per heavy atom. The lowest BCUT2D eigenvalue weighted by Gasteiger charge is -2.34. The van der Waals surface area contributed by atoms with Crippen LogP contribution in [0.2, 0.25) is 0 Å². The van der Waals surface area contributed by atoms with Crippen LogP contribution < -0.4 is 0 Å². The summed E-state index contributed by atoms with van der Waals surface area (Å²) in [6.45, 7) is 6.52. The second kappa shape index (κ2) is 8.01. The van der Waals surface area contributed by atoms with Crippen LogP contribution in [0.15, 0.2) is 30.3 Å². The molecule has 6 nitrogen and oxygen atoms in total. The molecule has 2 aromatic rings. The first kappa shape index (κ1) is 19.7. The molecule has 2 amide bonds. The average molecular weight is 395 g/mol. The van der Waals surface area contributed by atoms with Crippen molar-refractivity contribution in [1.82, 2.24) is 19.6 Å². The van der Waals surface area contributed by atoms with Crippen LogP contribution in [0, 0.1) is 12.8 Å². The third-order valence-corrected chi connectivity index (χ3v) is 6.34. The predicted molar refractivity (Wildman–Crippen MR) is 112 cm³/mol. The second-order valence-corrected chi connectivity index (χ2v) is 8.57. The molecule has 4 rings (SSSR count). The molecule has 0 saturated carbocycles. The molecule has 3 heterocycles. The highest BCUT2D eigenvalue weighted by Gasteiger charge is 2.38. The highest BCUT2D eigenvalue weighted by molar-refractivity contribution is 5.97. The minimum Gasteiger partial charge on any atom is -0.341 e. The molecule has 2 saturated heterocycles. The third kappa shape index (κ3) is 3.93. The Labute approximate surface area is 172 Å². The zero-order valence-electron chi connectivity index (χ0n) is 17.6. The van der Waals surface area contributed by atoms with Crippen LogP contribution in [-0.4, -0.2) is 57.1 Å². The van der Waals surface area contributed by atoms with Crippen molar-refractivity contribution in [3.8, 4) is 11.3 Å². The van der Waals surface area contributed by atoms with Gasteiger partial charge < -0.3 is 9.80 Å². The summed E-state index contributed by atoms with van der Waals surface area (Å²) in [7, 11) is 1.85. The number of nitrogens with zero attached hydrogens (tertiary/aromatic N) is 4. The molecule has 0 radical (unpaired) electrons. The van der Waals surface area contributed by atoms with Gasteiger partial charge in [0, 0.05) is 26.7 Å². The Morgan fingerprint density at radius 2 is 1.72 bits per heavy atom. The van der Waals surface area contributed by atoms with E-state index in [4.69, 9.17) is 0 Å². The summed E-state index contributed by atoms with van der Waals surface area (Å²) >= 11 is 0. The SMILES string of the molecule is Cc1ccc(-c2cc(C(=O)N3CCC[C@@H]3C(=O)N3CCC(C)CC3)nn2C)cc1. The fraction of sp³-hybridized carbons (Fsp3) is 0.522. The van der Waals surface area contributed by atoms with Gasteiger partial charge in [0.2, 0.25) is 5.91 Å². The van der Waals surface area contributed by atoms with Crippen LogP contribution in [0.3, 0.4) is 0 Å². The van der Waals surface area contributed by atoms with Gasteiger partial charge in [-0.15, -0.1) is 0 Å². The zero-order valence-corrected chi connectivity index (χ0v) is 17.6. The molecule has 154 valence electrons. The maximum absolute atomic E-state index is 13.2. The Balaban J connectivity index is 1.52. The Hall–Kier alpha value is -2.63. The van der Waals surface area contributed by atoms with Crippen molar-refractivity contribution in [3.05, 3.63) is 41.6 Å². The molecule has 2 aliphatic rings. The molecular formula is C23H30N4O2. The van der Waals surface area contributed by atoms with E-state index in [0.29, 0.717) is 18.2 Å². The van der Waals surface area contributed by atoms with Crippen LogP contribution >= 0.6 is 0 Å². The fourth-order valence-electron chi connectivity index (χ4n) is 4.42. The molecule has 6 heteroatoms. The number of hydrogen-bond acceptors (Lipinski definition) is 3. The lowest BCUT2D eigenvalue weighted by molar-refractivity contribution is -0.136. The number of amides is 2. The first-order chi connectivity index (χ1) is 13.9. The molecule has 0 aliphatic carbocycles. The number of carbonyl (C=O) groups is 2. The standard InChI is InChI=1S/C23H30N4O2/c1-16-6-8-18(9-7-16)21-15-19(24-25(21)3)22(28)27-12-4-5-20(27)23(29)26-13-10-17(2)11-14-26/h6-9,15,17,20H,4-5,10-14H2,1-3H3/t20-/m1/s1. The molecule has 29 heavy (non-hydrogen) atoms. The van der Waals surface area contributed by atoms with Crippen LogP contribution in [0.4, 0.5) is 0 Å². The van der Waals surface area contributed by atoms with E-state index in [1.54, 1.807) is 9.58 Å². The first-order valence-corrected chi connectivity index (χ1v) is 10.6. The summed E-state index contributed by atoms with van der Waals surface area (Å²) in [6, 6.07) is 9.69. The fourth-order valence-corrected chi connectivity index (χ4v) is 4.42. The Bertz CT molecular complexity index is 894. The van der Waals surface area contributed by atoms with Crippen LogP contribution in [0.25, 0.3) is 11.3 Å². The van der Waals surface area contributed by atoms with Crippen molar-refractivity contribution < 1.29 is 9.59 Å². The third-order valence-electron chi connectivity index (χ3n) is 6.34. The summed E-state index contributed by atoms with van der Waals surface area (Å²) in [5.41, 5.74) is 3.54. The van der Waals surface area contributed by atoms with Gasteiger partial charge in [0.1, 0.15) is 6.04 Å². The average Bonchev–Trinajstić information content (AvgIpc) is 3.35. The molecule has 0 unspecified atom stereocenters. The topological polar surface area (TPSA) is 58.4 Å². The number of carbonyl (C=O) groups excluding carboxylic acids is 2. The summed E-state index contributed by atoms with van der Waals surface area (Å²) < 4.78 is 1.75. The van der Waals surface area contributed by atoms with Crippen molar-refractivity contribution in [2.75, 3.05) is 19.6 Å². The molecule has 1 aromatic heterocycles. The maximum atomic E-state index is 13.2. The predicted octanol–water partition coefficient (Wildman–Crippen LogP) is 3.26. The normalized spacial score (nSPS) is 20.3. The minimum atomic E-state index is -0.347. The number of rotatable bonds is 3. The van der Waals surface area contributed by atoms with E-state index in [0.717, 1.165) is 50.0 Å². The van der Waals surface area contributed by atoms with E-state index in [2.05, 4.69) is 31.1 Å². The molecule has 0 N–H and O–H groups in total. The number of piperidine rings is 1. The Kier molecular flexibility index (Phi) is 5.43. The van der Waals surface area contributed by atoms with E-state index in [1.807, 2.05) is 30.1 Å².